The maximum absolute atomic E-state index is 13.7. The predicted molar refractivity (Wildman–Crippen MR) is 110 cm³/mol. The molecule has 0 atom stereocenters. The number of carbonyl (C=O) groups excluding carboxylic acids is 1. The molecule has 6 nitrogen and oxygen atoms in total. The number of rotatable bonds is 7. The van der Waals surface area contributed by atoms with Crippen LogP contribution in [0.15, 0.2) is 54.9 Å². The molecular weight excluding hydrogens is 376 g/mol. The van der Waals surface area contributed by atoms with Gasteiger partial charge in [-0.25, -0.2) is 18.7 Å². The number of halogens is 2. The molecule has 0 radical (unpaired) electrons. The number of benzene rings is 2. The molecule has 0 aliphatic rings. The zero-order valence-corrected chi connectivity index (χ0v) is 16.1. The lowest BCUT2D eigenvalue weighted by atomic mass is 10.2. The lowest BCUT2D eigenvalue weighted by Gasteiger charge is -2.21. The molecule has 150 valence electrons. The zero-order chi connectivity index (χ0) is 20.8. The van der Waals surface area contributed by atoms with Crippen molar-refractivity contribution in [2.75, 3.05) is 28.6 Å². The summed E-state index contributed by atoms with van der Waals surface area (Å²) in [7, 11) is 0. The Morgan fingerprint density at radius 1 is 1.00 bits per heavy atom. The molecule has 3 rings (SSSR count). The standard InChI is InChI=1S/C21H21F2N5O/c1-3-28(4-2)17-8-6-16(7-9-17)26-20(29)14-12-24-21(25-13-14)27-19-10-5-15(22)11-18(19)23/h5-13H,3-4H2,1-2H3,(H,26,29)(H,24,25,27). The molecule has 0 spiro atoms. The van der Waals surface area contributed by atoms with Crippen molar-refractivity contribution in [3.05, 3.63) is 72.1 Å². The summed E-state index contributed by atoms with van der Waals surface area (Å²) in [5.74, 6) is -1.70. The molecule has 0 fully saturated rings. The maximum Gasteiger partial charge on any atom is 0.258 e. The van der Waals surface area contributed by atoms with Crippen molar-refractivity contribution in [2.45, 2.75) is 13.8 Å². The number of nitrogens with zero attached hydrogens (tertiary/aromatic N) is 3. The first-order valence-electron chi connectivity index (χ1n) is 9.20. The van der Waals surface area contributed by atoms with Crippen LogP contribution in [0, 0.1) is 11.6 Å². The van der Waals surface area contributed by atoms with E-state index in [-0.39, 0.29) is 23.1 Å². The highest BCUT2D eigenvalue weighted by molar-refractivity contribution is 6.04. The van der Waals surface area contributed by atoms with Crippen LogP contribution in [0.4, 0.5) is 31.8 Å². The summed E-state index contributed by atoms with van der Waals surface area (Å²) in [6.45, 7) is 5.98. The van der Waals surface area contributed by atoms with E-state index in [0.717, 1.165) is 30.9 Å². The lowest BCUT2D eigenvalue weighted by molar-refractivity contribution is 0.102. The smallest absolute Gasteiger partial charge is 0.258 e. The van der Waals surface area contributed by atoms with E-state index in [1.54, 1.807) is 0 Å². The normalized spacial score (nSPS) is 10.5. The minimum atomic E-state index is -0.761. The number of carbonyl (C=O) groups is 1. The Morgan fingerprint density at radius 3 is 2.24 bits per heavy atom. The molecule has 2 aromatic carbocycles. The van der Waals surface area contributed by atoms with Crippen LogP contribution in [0.25, 0.3) is 0 Å². The molecule has 29 heavy (non-hydrogen) atoms. The van der Waals surface area contributed by atoms with Crippen LogP contribution in [-0.4, -0.2) is 29.0 Å². The molecule has 0 aliphatic carbocycles. The van der Waals surface area contributed by atoms with E-state index in [4.69, 9.17) is 0 Å². The van der Waals surface area contributed by atoms with Gasteiger partial charge < -0.3 is 15.5 Å². The Hall–Kier alpha value is -3.55. The second kappa shape index (κ2) is 9.09. The van der Waals surface area contributed by atoms with Crippen LogP contribution in [0.2, 0.25) is 0 Å². The first-order chi connectivity index (χ1) is 14.0. The Kier molecular flexibility index (Phi) is 6.33. The van der Waals surface area contributed by atoms with Crippen molar-refractivity contribution >= 4 is 28.9 Å². The van der Waals surface area contributed by atoms with Gasteiger partial charge in [-0.1, -0.05) is 0 Å². The highest BCUT2D eigenvalue weighted by atomic mass is 19.1. The molecule has 0 saturated heterocycles. The van der Waals surface area contributed by atoms with Crippen molar-refractivity contribution in [1.82, 2.24) is 9.97 Å². The minimum Gasteiger partial charge on any atom is -0.372 e. The van der Waals surface area contributed by atoms with Gasteiger partial charge in [0.25, 0.3) is 5.91 Å². The van der Waals surface area contributed by atoms with E-state index in [1.807, 2.05) is 24.3 Å². The van der Waals surface area contributed by atoms with Gasteiger partial charge in [0.2, 0.25) is 5.95 Å². The van der Waals surface area contributed by atoms with Gasteiger partial charge in [-0.2, -0.15) is 0 Å². The Labute approximate surface area is 167 Å². The van der Waals surface area contributed by atoms with Crippen molar-refractivity contribution < 1.29 is 13.6 Å². The van der Waals surface area contributed by atoms with Crippen molar-refractivity contribution in [3.8, 4) is 0 Å². The van der Waals surface area contributed by atoms with Crippen LogP contribution in [-0.2, 0) is 0 Å². The molecule has 3 aromatic rings. The third-order valence-corrected chi connectivity index (χ3v) is 4.35. The fourth-order valence-electron chi connectivity index (χ4n) is 2.77. The third kappa shape index (κ3) is 5.04. The Bertz CT molecular complexity index is 973. The summed E-state index contributed by atoms with van der Waals surface area (Å²) in [6, 6.07) is 10.7. The highest BCUT2D eigenvalue weighted by Crippen LogP contribution is 2.20. The fraction of sp³-hybridized carbons (Fsp3) is 0.190. The van der Waals surface area contributed by atoms with Crippen LogP contribution >= 0.6 is 0 Å². The number of amides is 1. The van der Waals surface area contributed by atoms with E-state index >= 15 is 0 Å². The summed E-state index contributed by atoms with van der Waals surface area (Å²) >= 11 is 0. The summed E-state index contributed by atoms with van der Waals surface area (Å²) in [4.78, 5) is 22.6. The van der Waals surface area contributed by atoms with Crippen LogP contribution < -0.4 is 15.5 Å². The Morgan fingerprint density at radius 2 is 1.66 bits per heavy atom. The van der Waals surface area contributed by atoms with E-state index in [2.05, 4.69) is 39.3 Å². The molecule has 0 unspecified atom stereocenters. The van der Waals surface area contributed by atoms with Crippen molar-refractivity contribution in [3.63, 3.8) is 0 Å². The molecule has 0 aliphatic heterocycles. The van der Waals surface area contributed by atoms with E-state index in [9.17, 15) is 13.6 Å². The van der Waals surface area contributed by atoms with Gasteiger partial charge in [-0.05, 0) is 50.2 Å². The molecular formula is C21H21F2N5O. The van der Waals surface area contributed by atoms with E-state index in [0.29, 0.717) is 5.69 Å². The second-order valence-electron chi connectivity index (χ2n) is 6.22. The molecule has 1 amide bonds. The number of aromatic nitrogens is 2. The first-order valence-corrected chi connectivity index (χ1v) is 9.20. The topological polar surface area (TPSA) is 70.2 Å². The monoisotopic (exact) mass is 397 g/mol. The van der Waals surface area contributed by atoms with Crippen LogP contribution in [0.3, 0.4) is 0 Å². The average Bonchev–Trinajstić information content (AvgIpc) is 2.73. The number of anilines is 4. The average molecular weight is 397 g/mol. The fourth-order valence-corrected chi connectivity index (χ4v) is 2.77. The number of hydrogen-bond donors (Lipinski definition) is 2. The molecule has 8 heteroatoms. The van der Waals surface area contributed by atoms with Gasteiger partial charge >= 0.3 is 0 Å². The van der Waals surface area contributed by atoms with Gasteiger partial charge in [0.15, 0.2) is 0 Å². The molecule has 1 aromatic heterocycles. The summed E-state index contributed by atoms with van der Waals surface area (Å²) in [6.07, 6.45) is 2.66. The van der Waals surface area contributed by atoms with Crippen LogP contribution in [0.1, 0.15) is 24.2 Å². The van der Waals surface area contributed by atoms with Gasteiger partial charge in [0.05, 0.1) is 11.3 Å². The highest BCUT2D eigenvalue weighted by Gasteiger charge is 2.10. The third-order valence-electron chi connectivity index (χ3n) is 4.35. The molecule has 0 bridgehead atoms. The minimum absolute atomic E-state index is 0.0388. The number of hydrogen-bond acceptors (Lipinski definition) is 5. The molecule has 1 heterocycles. The van der Waals surface area contributed by atoms with Gasteiger partial charge in [0, 0.05) is 42.9 Å². The largest absolute Gasteiger partial charge is 0.372 e. The van der Waals surface area contributed by atoms with Gasteiger partial charge in [-0.15, -0.1) is 0 Å². The zero-order valence-electron chi connectivity index (χ0n) is 16.1. The van der Waals surface area contributed by atoms with E-state index in [1.165, 1.54) is 18.5 Å². The van der Waals surface area contributed by atoms with Crippen molar-refractivity contribution in [1.29, 1.82) is 0 Å². The maximum atomic E-state index is 13.7. The summed E-state index contributed by atoms with van der Waals surface area (Å²) in [5.41, 5.74) is 2.03. The number of nitrogens with one attached hydrogen (secondary N) is 2. The first kappa shape index (κ1) is 20.2. The SMILES string of the molecule is CCN(CC)c1ccc(NC(=O)c2cnc(Nc3ccc(F)cc3F)nc2)cc1. The van der Waals surface area contributed by atoms with Gasteiger partial charge in [0.1, 0.15) is 11.6 Å². The van der Waals surface area contributed by atoms with Crippen LogP contribution in [0.5, 0.6) is 0 Å². The predicted octanol–water partition coefficient (Wildman–Crippen LogP) is 4.60. The molecule has 2 N–H and O–H groups in total. The molecule has 0 saturated carbocycles. The van der Waals surface area contributed by atoms with Crippen molar-refractivity contribution in [2.24, 2.45) is 0 Å². The second-order valence-corrected chi connectivity index (χ2v) is 6.22. The van der Waals surface area contributed by atoms with Gasteiger partial charge in [-0.3, -0.25) is 4.79 Å². The quantitative estimate of drug-likeness (QED) is 0.610. The Balaban J connectivity index is 1.64. The summed E-state index contributed by atoms with van der Waals surface area (Å²) in [5, 5.41) is 5.43. The van der Waals surface area contributed by atoms with E-state index < -0.39 is 11.6 Å². The summed E-state index contributed by atoms with van der Waals surface area (Å²) < 4.78 is 26.6. The lowest BCUT2D eigenvalue weighted by Crippen LogP contribution is -2.21.